The molecule has 0 saturated carbocycles. The van der Waals surface area contributed by atoms with Crippen molar-refractivity contribution in [1.29, 1.82) is 5.26 Å². The zero-order valence-electron chi connectivity index (χ0n) is 8.71. The molecule has 0 radical (unpaired) electrons. The maximum Gasteiger partial charge on any atom is 0.356 e. The van der Waals surface area contributed by atoms with E-state index >= 15 is 0 Å². The molecule has 0 aliphatic rings. The zero-order chi connectivity index (χ0) is 13.0. The minimum absolute atomic E-state index is 0.0855. The summed E-state index contributed by atoms with van der Waals surface area (Å²) >= 11 is 5.55. The molecular formula is C10H7ClF2N2O2. The van der Waals surface area contributed by atoms with E-state index in [-0.39, 0.29) is 12.3 Å². The van der Waals surface area contributed by atoms with Crippen molar-refractivity contribution in [3.05, 3.63) is 28.0 Å². The van der Waals surface area contributed by atoms with Crippen LogP contribution < -0.4 is 0 Å². The molecule has 0 aliphatic heterocycles. The molecule has 0 bridgehead atoms. The van der Waals surface area contributed by atoms with Crippen molar-refractivity contribution < 1.29 is 18.3 Å². The summed E-state index contributed by atoms with van der Waals surface area (Å²) in [6.07, 6.45) is -2.92. The molecule has 1 aromatic heterocycles. The Labute approximate surface area is 101 Å². The van der Waals surface area contributed by atoms with Gasteiger partial charge in [-0.05, 0) is 13.0 Å². The van der Waals surface area contributed by atoms with Crippen LogP contribution in [0.5, 0.6) is 0 Å². The Morgan fingerprint density at radius 1 is 1.71 bits per heavy atom. The first-order valence-electron chi connectivity index (χ1n) is 4.57. The van der Waals surface area contributed by atoms with Gasteiger partial charge in [0.25, 0.3) is 6.43 Å². The average Bonchev–Trinajstić information content (AvgIpc) is 2.28. The van der Waals surface area contributed by atoms with Crippen molar-refractivity contribution in [2.45, 2.75) is 13.3 Å². The monoisotopic (exact) mass is 260 g/mol. The molecule has 7 heteroatoms. The summed E-state index contributed by atoms with van der Waals surface area (Å²) in [7, 11) is 0. The molecule has 0 fully saturated rings. The lowest BCUT2D eigenvalue weighted by atomic mass is 10.1. The molecule has 1 rings (SSSR count). The standard InChI is InChI=1S/C10H7ClF2N2O2/c1-2-17-10(16)7-3-5(9(12)13)6(4-14)8(11)15-7/h3,9H,2H2,1H3. The molecule has 1 aromatic rings. The van der Waals surface area contributed by atoms with Crippen molar-refractivity contribution in [3.8, 4) is 6.07 Å². The highest BCUT2D eigenvalue weighted by Crippen LogP contribution is 2.27. The molecule has 4 nitrogen and oxygen atoms in total. The summed E-state index contributed by atoms with van der Waals surface area (Å²) in [6.45, 7) is 1.65. The molecule has 0 amide bonds. The van der Waals surface area contributed by atoms with Crippen LogP contribution in [0.1, 0.15) is 35.0 Å². The van der Waals surface area contributed by atoms with E-state index in [1.165, 1.54) is 6.07 Å². The smallest absolute Gasteiger partial charge is 0.356 e. The number of nitriles is 1. The van der Waals surface area contributed by atoms with Gasteiger partial charge in [0.2, 0.25) is 0 Å². The summed E-state index contributed by atoms with van der Waals surface area (Å²) < 4.78 is 29.9. The fraction of sp³-hybridized carbons (Fsp3) is 0.300. The third kappa shape index (κ3) is 2.88. The Kier molecular flexibility index (Phi) is 4.35. The van der Waals surface area contributed by atoms with Gasteiger partial charge in [0.15, 0.2) is 5.69 Å². The fourth-order valence-corrected chi connectivity index (χ4v) is 1.37. The highest BCUT2D eigenvalue weighted by Gasteiger charge is 2.21. The Morgan fingerprint density at radius 3 is 2.82 bits per heavy atom. The van der Waals surface area contributed by atoms with Gasteiger partial charge in [0, 0.05) is 5.56 Å². The number of esters is 1. The largest absolute Gasteiger partial charge is 0.461 e. The van der Waals surface area contributed by atoms with Crippen molar-refractivity contribution in [3.63, 3.8) is 0 Å². The molecule has 0 N–H and O–H groups in total. The van der Waals surface area contributed by atoms with E-state index in [2.05, 4.69) is 9.72 Å². The molecule has 90 valence electrons. The summed E-state index contributed by atoms with van der Waals surface area (Å²) in [4.78, 5) is 14.8. The van der Waals surface area contributed by atoms with Gasteiger partial charge in [-0.2, -0.15) is 5.26 Å². The van der Waals surface area contributed by atoms with Gasteiger partial charge in [-0.3, -0.25) is 0 Å². The highest BCUT2D eigenvalue weighted by molar-refractivity contribution is 6.30. The van der Waals surface area contributed by atoms with Gasteiger partial charge in [-0.1, -0.05) is 11.6 Å². The van der Waals surface area contributed by atoms with Gasteiger partial charge in [0.1, 0.15) is 11.2 Å². The van der Waals surface area contributed by atoms with E-state index in [0.29, 0.717) is 0 Å². The topological polar surface area (TPSA) is 63.0 Å². The number of hydrogen-bond donors (Lipinski definition) is 0. The van der Waals surface area contributed by atoms with Gasteiger partial charge < -0.3 is 4.74 Å². The number of halogens is 3. The second kappa shape index (κ2) is 5.55. The third-order valence-corrected chi connectivity index (χ3v) is 2.11. The number of ether oxygens (including phenoxy) is 1. The van der Waals surface area contributed by atoms with Crippen molar-refractivity contribution in [2.24, 2.45) is 0 Å². The highest BCUT2D eigenvalue weighted by atomic mass is 35.5. The van der Waals surface area contributed by atoms with Crippen molar-refractivity contribution in [2.75, 3.05) is 6.61 Å². The van der Waals surface area contributed by atoms with Crippen LogP contribution >= 0.6 is 11.6 Å². The Balaban J connectivity index is 3.30. The number of pyridine rings is 1. The third-order valence-electron chi connectivity index (χ3n) is 1.84. The SMILES string of the molecule is CCOC(=O)c1cc(C(F)F)c(C#N)c(Cl)n1. The van der Waals surface area contributed by atoms with E-state index in [1.54, 1.807) is 6.92 Å². The average molecular weight is 261 g/mol. The molecule has 0 atom stereocenters. The van der Waals surface area contributed by atoms with Crippen LogP contribution in [0, 0.1) is 11.3 Å². The van der Waals surface area contributed by atoms with Crippen LogP contribution in [-0.4, -0.2) is 17.6 Å². The molecule has 0 saturated heterocycles. The Morgan fingerprint density at radius 2 is 2.35 bits per heavy atom. The maximum atomic E-state index is 12.6. The van der Waals surface area contributed by atoms with Crippen molar-refractivity contribution >= 4 is 17.6 Å². The van der Waals surface area contributed by atoms with Crippen LogP contribution in [0.4, 0.5) is 8.78 Å². The number of nitrogens with zero attached hydrogens (tertiary/aromatic N) is 2. The molecule has 0 aromatic carbocycles. The number of hydrogen-bond acceptors (Lipinski definition) is 4. The van der Waals surface area contributed by atoms with E-state index in [9.17, 15) is 13.6 Å². The van der Waals surface area contributed by atoms with Gasteiger partial charge in [-0.15, -0.1) is 0 Å². The summed E-state index contributed by atoms with van der Waals surface area (Å²) in [5.41, 5.74) is -1.41. The number of carbonyl (C=O) groups excluding carboxylic acids is 1. The van der Waals surface area contributed by atoms with Gasteiger partial charge in [0.05, 0.1) is 12.2 Å². The molecule has 0 spiro atoms. The van der Waals surface area contributed by atoms with Crippen LogP contribution in [0.25, 0.3) is 0 Å². The number of carbonyl (C=O) groups is 1. The first-order valence-corrected chi connectivity index (χ1v) is 4.94. The second-order valence-electron chi connectivity index (χ2n) is 2.90. The predicted molar refractivity (Wildman–Crippen MR) is 54.9 cm³/mol. The second-order valence-corrected chi connectivity index (χ2v) is 3.25. The fourth-order valence-electron chi connectivity index (χ4n) is 1.12. The lowest BCUT2D eigenvalue weighted by molar-refractivity contribution is 0.0519. The summed E-state index contributed by atoms with van der Waals surface area (Å²) in [6, 6.07) is 2.33. The maximum absolute atomic E-state index is 12.6. The quantitative estimate of drug-likeness (QED) is 0.619. The summed E-state index contributed by atoms with van der Waals surface area (Å²) in [5.74, 6) is -0.860. The first-order chi connectivity index (χ1) is 8.01. The van der Waals surface area contributed by atoms with E-state index in [0.717, 1.165) is 6.07 Å². The van der Waals surface area contributed by atoms with E-state index in [1.807, 2.05) is 0 Å². The Hall–Kier alpha value is -1.74. The van der Waals surface area contributed by atoms with Gasteiger partial charge >= 0.3 is 5.97 Å². The van der Waals surface area contributed by atoms with Crippen LogP contribution in [0.3, 0.4) is 0 Å². The molecule has 0 unspecified atom stereocenters. The Bertz CT molecular complexity index is 486. The predicted octanol–water partition coefficient (Wildman–Crippen LogP) is 2.72. The number of alkyl halides is 2. The van der Waals surface area contributed by atoms with Crippen LogP contribution in [0.2, 0.25) is 5.15 Å². The summed E-state index contributed by atoms with van der Waals surface area (Å²) in [5, 5.41) is 8.22. The number of aromatic nitrogens is 1. The minimum Gasteiger partial charge on any atom is -0.461 e. The number of rotatable bonds is 3. The molecule has 1 heterocycles. The molecule has 0 aliphatic carbocycles. The minimum atomic E-state index is -2.92. The molecular weight excluding hydrogens is 254 g/mol. The van der Waals surface area contributed by atoms with E-state index in [4.69, 9.17) is 16.9 Å². The lowest BCUT2D eigenvalue weighted by Crippen LogP contribution is -2.09. The first kappa shape index (κ1) is 13.3. The van der Waals surface area contributed by atoms with Crippen LogP contribution in [0.15, 0.2) is 6.07 Å². The normalized spacial score (nSPS) is 10.1. The van der Waals surface area contributed by atoms with Gasteiger partial charge in [-0.25, -0.2) is 18.6 Å². The zero-order valence-corrected chi connectivity index (χ0v) is 9.46. The lowest BCUT2D eigenvalue weighted by Gasteiger charge is -2.07. The van der Waals surface area contributed by atoms with Crippen molar-refractivity contribution in [1.82, 2.24) is 4.98 Å². The van der Waals surface area contributed by atoms with E-state index < -0.39 is 28.7 Å². The molecule has 17 heavy (non-hydrogen) atoms. The van der Waals surface area contributed by atoms with Crippen LogP contribution in [-0.2, 0) is 4.74 Å².